The fraction of sp³-hybridized carbons (Fsp3) is 0.364. The van der Waals surface area contributed by atoms with Gasteiger partial charge in [-0.1, -0.05) is 30.7 Å². The SMILES string of the molecule is COc1ccc(Cn2c(CCCCCNC(C)=O)nc3ccccc32)cc1. The van der Waals surface area contributed by atoms with Crippen molar-refractivity contribution in [2.75, 3.05) is 13.7 Å². The normalized spacial score (nSPS) is 10.9. The molecule has 3 aromatic rings. The minimum absolute atomic E-state index is 0.0382. The molecule has 0 aliphatic carbocycles. The van der Waals surface area contributed by atoms with Crippen LogP contribution in [0, 0.1) is 0 Å². The first-order valence-corrected chi connectivity index (χ1v) is 9.49. The third kappa shape index (κ3) is 5.09. The zero-order valence-corrected chi connectivity index (χ0v) is 16.1. The van der Waals surface area contributed by atoms with Gasteiger partial charge in [0.25, 0.3) is 0 Å². The number of aryl methyl sites for hydroxylation is 1. The molecule has 0 spiro atoms. The van der Waals surface area contributed by atoms with Crippen LogP contribution in [-0.2, 0) is 17.8 Å². The topological polar surface area (TPSA) is 56.1 Å². The van der Waals surface area contributed by atoms with Gasteiger partial charge in [0.15, 0.2) is 0 Å². The van der Waals surface area contributed by atoms with Gasteiger partial charge >= 0.3 is 0 Å². The molecule has 1 N–H and O–H groups in total. The van der Waals surface area contributed by atoms with Crippen LogP contribution in [-0.4, -0.2) is 29.1 Å². The second-order valence-electron chi connectivity index (χ2n) is 6.74. The van der Waals surface area contributed by atoms with Crippen molar-refractivity contribution in [2.45, 2.75) is 39.2 Å². The zero-order chi connectivity index (χ0) is 19.1. The van der Waals surface area contributed by atoms with E-state index < -0.39 is 0 Å². The summed E-state index contributed by atoms with van der Waals surface area (Å²) in [4.78, 5) is 15.8. The van der Waals surface area contributed by atoms with Crippen LogP contribution in [0.15, 0.2) is 48.5 Å². The van der Waals surface area contributed by atoms with Gasteiger partial charge in [-0.05, 0) is 42.7 Å². The summed E-state index contributed by atoms with van der Waals surface area (Å²) in [5.41, 5.74) is 3.44. The molecule has 0 bridgehead atoms. The van der Waals surface area contributed by atoms with Crippen LogP contribution >= 0.6 is 0 Å². The number of imidazole rings is 1. The predicted octanol–water partition coefficient (Wildman–Crippen LogP) is 3.94. The first-order chi connectivity index (χ1) is 13.2. The summed E-state index contributed by atoms with van der Waals surface area (Å²) in [6.07, 6.45) is 4.07. The maximum absolute atomic E-state index is 10.9. The van der Waals surface area contributed by atoms with Crippen LogP contribution in [0.25, 0.3) is 11.0 Å². The number of carbonyl (C=O) groups excluding carboxylic acids is 1. The number of unbranched alkanes of at least 4 members (excludes halogenated alkanes) is 2. The van der Waals surface area contributed by atoms with Gasteiger partial charge < -0.3 is 14.6 Å². The molecule has 0 radical (unpaired) electrons. The Balaban J connectivity index is 1.70. The number of hydrogen-bond acceptors (Lipinski definition) is 3. The molecule has 0 atom stereocenters. The largest absolute Gasteiger partial charge is 0.497 e. The average molecular weight is 365 g/mol. The lowest BCUT2D eigenvalue weighted by molar-refractivity contribution is -0.118. The molecule has 1 amide bonds. The van der Waals surface area contributed by atoms with Gasteiger partial charge in [0.1, 0.15) is 11.6 Å². The molecule has 5 heteroatoms. The number of methoxy groups -OCH3 is 1. The van der Waals surface area contributed by atoms with Crippen LogP contribution in [0.4, 0.5) is 0 Å². The molecule has 2 aromatic carbocycles. The number of para-hydroxylation sites is 2. The summed E-state index contributed by atoms with van der Waals surface area (Å²) in [7, 11) is 1.68. The van der Waals surface area contributed by atoms with Crippen molar-refractivity contribution in [1.82, 2.24) is 14.9 Å². The first kappa shape index (κ1) is 19.0. The van der Waals surface area contributed by atoms with E-state index in [1.54, 1.807) is 14.0 Å². The van der Waals surface area contributed by atoms with Crippen molar-refractivity contribution in [3.8, 4) is 5.75 Å². The van der Waals surface area contributed by atoms with Crippen molar-refractivity contribution >= 4 is 16.9 Å². The van der Waals surface area contributed by atoms with Crippen LogP contribution in [0.5, 0.6) is 5.75 Å². The lowest BCUT2D eigenvalue weighted by Gasteiger charge is -2.10. The number of hydrogen-bond donors (Lipinski definition) is 1. The lowest BCUT2D eigenvalue weighted by atomic mass is 10.1. The van der Waals surface area contributed by atoms with Crippen LogP contribution in [0.2, 0.25) is 0 Å². The molecule has 1 aromatic heterocycles. The van der Waals surface area contributed by atoms with Crippen LogP contribution in [0.1, 0.15) is 37.6 Å². The Labute approximate surface area is 160 Å². The van der Waals surface area contributed by atoms with E-state index in [9.17, 15) is 4.79 Å². The van der Waals surface area contributed by atoms with Crippen molar-refractivity contribution in [3.63, 3.8) is 0 Å². The summed E-state index contributed by atoms with van der Waals surface area (Å²) < 4.78 is 7.56. The van der Waals surface area contributed by atoms with Crippen LogP contribution < -0.4 is 10.1 Å². The summed E-state index contributed by atoms with van der Waals surface area (Å²) in [6.45, 7) is 3.10. The Bertz CT molecular complexity index is 884. The number of fused-ring (bicyclic) bond motifs is 1. The van der Waals surface area contributed by atoms with Gasteiger partial charge in [-0.3, -0.25) is 4.79 Å². The van der Waals surface area contributed by atoms with Gasteiger partial charge in [-0.25, -0.2) is 4.98 Å². The summed E-state index contributed by atoms with van der Waals surface area (Å²) in [5.74, 6) is 2.02. The Hall–Kier alpha value is -2.82. The van der Waals surface area contributed by atoms with E-state index in [1.165, 1.54) is 11.1 Å². The number of nitrogens with zero attached hydrogens (tertiary/aromatic N) is 2. The minimum Gasteiger partial charge on any atom is -0.497 e. The first-order valence-electron chi connectivity index (χ1n) is 9.49. The molecule has 0 aliphatic heterocycles. The lowest BCUT2D eigenvalue weighted by Crippen LogP contribution is -2.20. The van der Waals surface area contributed by atoms with Crippen molar-refractivity contribution in [2.24, 2.45) is 0 Å². The number of amides is 1. The molecule has 0 saturated heterocycles. The van der Waals surface area contributed by atoms with E-state index in [0.29, 0.717) is 0 Å². The molecule has 3 rings (SSSR count). The third-order valence-corrected chi connectivity index (χ3v) is 4.68. The third-order valence-electron chi connectivity index (χ3n) is 4.68. The Kier molecular flexibility index (Phi) is 6.47. The Morgan fingerprint density at radius 3 is 2.59 bits per heavy atom. The zero-order valence-electron chi connectivity index (χ0n) is 16.1. The van der Waals surface area contributed by atoms with Crippen molar-refractivity contribution in [1.29, 1.82) is 0 Å². The molecule has 142 valence electrons. The second kappa shape index (κ2) is 9.21. The fourth-order valence-electron chi connectivity index (χ4n) is 3.26. The highest BCUT2D eigenvalue weighted by atomic mass is 16.5. The maximum atomic E-state index is 10.9. The van der Waals surface area contributed by atoms with Gasteiger partial charge in [0, 0.05) is 26.4 Å². The van der Waals surface area contributed by atoms with Gasteiger partial charge in [-0.2, -0.15) is 0 Å². The summed E-state index contributed by atoms with van der Waals surface area (Å²) in [5, 5.41) is 2.85. The molecule has 1 heterocycles. The number of aromatic nitrogens is 2. The van der Waals surface area contributed by atoms with E-state index in [-0.39, 0.29) is 5.91 Å². The molecular weight excluding hydrogens is 338 g/mol. The number of carbonyl (C=O) groups is 1. The average Bonchev–Trinajstić information content (AvgIpc) is 3.02. The number of ether oxygens (including phenoxy) is 1. The molecule has 27 heavy (non-hydrogen) atoms. The van der Waals surface area contributed by atoms with E-state index in [1.807, 2.05) is 18.2 Å². The minimum atomic E-state index is 0.0382. The van der Waals surface area contributed by atoms with Crippen molar-refractivity contribution in [3.05, 3.63) is 59.9 Å². The van der Waals surface area contributed by atoms with E-state index in [2.05, 4.69) is 40.2 Å². The highest BCUT2D eigenvalue weighted by molar-refractivity contribution is 5.76. The van der Waals surface area contributed by atoms with E-state index in [0.717, 1.165) is 55.9 Å². The van der Waals surface area contributed by atoms with E-state index in [4.69, 9.17) is 9.72 Å². The van der Waals surface area contributed by atoms with Crippen LogP contribution in [0.3, 0.4) is 0 Å². The van der Waals surface area contributed by atoms with Gasteiger partial charge in [0.05, 0.1) is 18.1 Å². The number of benzene rings is 2. The highest BCUT2D eigenvalue weighted by Crippen LogP contribution is 2.20. The number of nitrogens with one attached hydrogen (secondary N) is 1. The standard InChI is InChI=1S/C22H27N3O2/c1-17(26)23-15-7-3-4-10-22-24-20-8-5-6-9-21(20)25(22)16-18-11-13-19(27-2)14-12-18/h5-6,8-9,11-14H,3-4,7,10,15-16H2,1-2H3,(H,23,26). The van der Waals surface area contributed by atoms with Gasteiger partial charge in [-0.15, -0.1) is 0 Å². The smallest absolute Gasteiger partial charge is 0.216 e. The van der Waals surface area contributed by atoms with Crippen molar-refractivity contribution < 1.29 is 9.53 Å². The molecule has 0 unspecified atom stereocenters. The van der Waals surface area contributed by atoms with Gasteiger partial charge in [0.2, 0.25) is 5.91 Å². The summed E-state index contributed by atoms with van der Waals surface area (Å²) in [6, 6.07) is 16.5. The Morgan fingerprint density at radius 1 is 1.07 bits per heavy atom. The molecule has 0 saturated carbocycles. The molecule has 5 nitrogen and oxygen atoms in total. The predicted molar refractivity (Wildman–Crippen MR) is 108 cm³/mol. The molecule has 0 aliphatic rings. The van der Waals surface area contributed by atoms with E-state index >= 15 is 0 Å². The highest BCUT2D eigenvalue weighted by Gasteiger charge is 2.11. The molecular formula is C22H27N3O2. The second-order valence-corrected chi connectivity index (χ2v) is 6.74. The fourth-order valence-corrected chi connectivity index (χ4v) is 3.26. The summed E-state index contributed by atoms with van der Waals surface area (Å²) >= 11 is 0. The quantitative estimate of drug-likeness (QED) is 0.584. The Morgan fingerprint density at radius 2 is 1.85 bits per heavy atom. The molecule has 0 fully saturated rings. The monoisotopic (exact) mass is 365 g/mol. The number of rotatable bonds is 9. The maximum Gasteiger partial charge on any atom is 0.216 e.